The maximum Gasteiger partial charge on any atom is 0.211 e. The van der Waals surface area contributed by atoms with Gasteiger partial charge in [-0.25, -0.2) is 0 Å². The maximum absolute atomic E-state index is 10.5. The van der Waals surface area contributed by atoms with E-state index in [1.807, 2.05) is 4.72 Å². The molecule has 6 heteroatoms. The monoisotopic (exact) mass is 254 g/mol. The van der Waals surface area contributed by atoms with E-state index in [1.165, 1.54) is 0 Å². The summed E-state index contributed by atoms with van der Waals surface area (Å²) in [6.45, 7) is 3.28. The molecule has 0 atom stereocenters. The molecule has 0 fully saturated rings. The number of carbonyl (C=O) groups is 1. The normalized spacial score (nSPS) is 9.20. The Morgan fingerprint density at radius 3 is 2.10 bits per heavy atom. The summed E-state index contributed by atoms with van der Waals surface area (Å²) < 4.78 is 19.8. The summed E-state index contributed by atoms with van der Waals surface area (Å²) in [5.41, 5.74) is 0. The zero-order chi connectivity index (χ0) is 7.44. The van der Waals surface area contributed by atoms with Crippen LogP contribution in [0, 0.1) is 5.92 Å². The van der Waals surface area contributed by atoms with Crippen molar-refractivity contribution >= 4 is 16.8 Å². The first-order valence-electron chi connectivity index (χ1n) is 2.45. The Balaban J connectivity index is 0. The third-order valence-corrected chi connectivity index (χ3v) is 1.09. The predicted octanol–water partition coefficient (Wildman–Crippen LogP) is -0.0776. The van der Waals surface area contributed by atoms with E-state index in [4.69, 9.17) is 4.21 Å². The minimum Gasteiger partial charge on any atom is -0.351 e. The van der Waals surface area contributed by atoms with E-state index in [9.17, 15) is 9.00 Å². The van der Waals surface area contributed by atoms with Gasteiger partial charge in [-0.05, 0) is 0 Å². The van der Waals surface area contributed by atoms with Gasteiger partial charge in [0, 0.05) is 25.4 Å². The van der Waals surface area contributed by atoms with Crippen molar-refractivity contribution in [2.75, 3.05) is 0 Å². The molecule has 2 N–H and O–H groups in total. The molecule has 0 aromatic heterocycles. The van der Waals surface area contributed by atoms with Crippen molar-refractivity contribution < 1.29 is 32.7 Å². The molecular weight excluding hydrogens is 245 g/mol. The molecule has 0 saturated heterocycles. The molecule has 4 nitrogen and oxygen atoms in total. The Labute approximate surface area is 74.2 Å². The summed E-state index contributed by atoms with van der Waals surface area (Å²) >= 11 is 0. The minimum atomic E-state index is -2.22. The van der Waals surface area contributed by atoms with Crippen LogP contribution in [0.15, 0.2) is 0 Å². The van der Waals surface area contributed by atoms with Gasteiger partial charge in [0.05, 0.1) is 0 Å². The second kappa shape index (κ2) is 5.80. The smallest absolute Gasteiger partial charge is 0.211 e. The summed E-state index contributed by atoms with van der Waals surface area (Å²) in [5, 5.41) is 0. The van der Waals surface area contributed by atoms with Crippen molar-refractivity contribution in [2.24, 2.45) is 5.92 Å². The summed E-state index contributed by atoms with van der Waals surface area (Å²) in [7, 11) is -2.22. The quantitative estimate of drug-likeness (QED) is 0.425. The average molecular weight is 254 g/mol. The van der Waals surface area contributed by atoms with Crippen LogP contribution in [0.1, 0.15) is 13.8 Å². The number of hydrogen-bond acceptors (Lipinski definition) is 3. The zero-order valence-electron chi connectivity index (χ0n) is 5.58. The Kier molecular flexibility index (Phi) is 7.36. The van der Waals surface area contributed by atoms with Crippen LogP contribution in [-0.2, 0) is 39.4 Å². The molecule has 0 rings (SSSR count). The van der Waals surface area contributed by atoms with Crippen LogP contribution in [0.4, 0.5) is 0 Å². The maximum atomic E-state index is 10.5. The number of rotatable bonds is 2. The van der Waals surface area contributed by atoms with Gasteiger partial charge in [0.15, 0.2) is 0 Å². The van der Waals surface area contributed by atoms with E-state index >= 15 is 0 Å². The fraction of sp³-hybridized carbons (Fsp3) is 0.750. The minimum absolute atomic E-state index is 0. The first-order valence-corrected chi connectivity index (χ1v) is 3.56. The van der Waals surface area contributed by atoms with E-state index in [0.717, 1.165) is 0 Å². The van der Waals surface area contributed by atoms with Gasteiger partial charge in [-0.15, -0.1) is 0 Å². The molecule has 0 unspecified atom stereocenters. The van der Waals surface area contributed by atoms with Crippen molar-refractivity contribution in [3.63, 3.8) is 0 Å². The van der Waals surface area contributed by atoms with E-state index in [1.54, 1.807) is 13.8 Å². The van der Waals surface area contributed by atoms with E-state index in [0.29, 0.717) is 0 Å². The molecule has 0 aliphatic rings. The van der Waals surface area contributed by atoms with E-state index in [-0.39, 0.29) is 25.4 Å². The molecular formula is C4H9NO3RhS. The van der Waals surface area contributed by atoms with Crippen LogP contribution >= 0.6 is 0 Å². The van der Waals surface area contributed by atoms with Gasteiger partial charge >= 0.3 is 0 Å². The SMILES string of the molecule is CC(C)C(=O)N[S-](=O)=[OH+].[Rh]. The molecule has 1 amide bonds. The molecule has 10 heavy (non-hydrogen) atoms. The van der Waals surface area contributed by atoms with Crippen LogP contribution in [0.5, 0.6) is 0 Å². The van der Waals surface area contributed by atoms with E-state index < -0.39 is 16.8 Å². The zero-order valence-corrected chi connectivity index (χ0v) is 8.04. The number of carbonyl (C=O) groups excluding carboxylic acids is 1. The Morgan fingerprint density at radius 2 is 2.00 bits per heavy atom. The van der Waals surface area contributed by atoms with Crippen LogP contribution in [0.25, 0.3) is 0 Å². The van der Waals surface area contributed by atoms with Gasteiger partial charge in [0.2, 0.25) is 16.8 Å². The summed E-state index contributed by atoms with van der Waals surface area (Å²) in [4.78, 5) is 10.5. The number of hydrogen-bond donors (Lipinski definition) is 1. The van der Waals surface area contributed by atoms with Gasteiger partial charge in [0.25, 0.3) is 0 Å². The number of nitrogens with one attached hydrogen (secondary N) is 1. The molecule has 0 bridgehead atoms. The molecule has 0 aliphatic carbocycles. The molecule has 63 valence electrons. The molecule has 0 aromatic rings. The van der Waals surface area contributed by atoms with Gasteiger partial charge in [-0.2, -0.15) is 0 Å². The number of amides is 1. The standard InChI is InChI=1S/C4H9NO3S.Rh/c1-3(2)4(6)5-9(7)8;/h3,7H,1-2H3,(H,5,6,8);. The first kappa shape index (κ1) is 12.7. The topological polar surface area (TPSA) is 67.6 Å². The molecule has 0 spiro atoms. The van der Waals surface area contributed by atoms with Crippen molar-refractivity contribution in [3.05, 3.63) is 0 Å². The molecule has 0 saturated carbocycles. The van der Waals surface area contributed by atoms with Crippen LogP contribution in [0.2, 0.25) is 0 Å². The van der Waals surface area contributed by atoms with Crippen LogP contribution < -0.4 is 4.72 Å². The second-order valence-corrected chi connectivity index (χ2v) is 2.57. The van der Waals surface area contributed by atoms with Gasteiger partial charge in [0.1, 0.15) is 0 Å². The van der Waals surface area contributed by atoms with Crippen LogP contribution in [0.3, 0.4) is 0 Å². The fourth-order valence-corrected chi connectivity index (χ4v) is 0.612. The Bertz CT molecular complexity index is 169. The first-order chi connectivity index (χ1) is 4.04. The van der Waals surface area contributed by atoms with E-state index in [2.05, 4.69) is 0 Å². The molecule has 0 heterocycles. The van der Waals surface area contributed by atoms with Gasteiger partial charge in [-0.3, -0.25) is 4.79 Å². The molecule has 0 aliphatic heterocycles. The van der Waals surface area contributed by atoms with Crippen molar-refractivity contribution in [1.29, 1.82) is 0 Å². The fourth-order valence-electron chi connectivity index (χ4n) is 0.204. The third-order valence-electron chi connectivity index (χ3n) is 0.712. The largest absolute Gasteiger partial charge is 0.351 e. The average Bonchev–Trinajstić information content (AvgIpc) is 1.63. The van der Waals surface area contributed by atoms with Gasteiger partial charge < -0.3 is 13.1 Å². The second-order valence-electron chi connectivity index (χ2n) is 1.87. The Morgan fingerprint density at radius 1 is 1.60 bits per heavy atom. The van der Waals surface area contributed by atoms with Crippen molar-refractivity contribution in [1.82, 2.24) is 4.72 Å². The summed E-state index contributed by atoms with van der Waals surface area (Å²) in [6.07, 6.45) is 0. The van der Waals surface area contributed by atoms with Crippen molar-refractivity contribution in [3.8, 4) is 0 Å². The molecule has 1 radical (unpaired) electrons. The van der Waals surface area contributed by atoms with Gasteiger partial charge in [-0.1, -0.05) is 13.8 Å². The summed E-state index contributed by atoms with van der Waals surface area (Å²) in [5.74, 6) is -0.670. The third kappa shape index (κ3) is 6.17. The Hall–Kier alpha value is 0.0434. The summed E-state index contributed by atoms with van der Waals surface area (Å²) in [6, 6.07) is 0. The predicted molar refractivity (Wildman–Crippen MR) is 33.0 cm³/mol. The van der Waals surface area contributed by atoms with Crippen LogP contribution in [-0.4, -0.2) is 10.1 Å². The van der Waals surface area contributed by atoms with Crippen molar-refractivity contribution in [2.45, 2.75) is 13.8 Å². The molecule has 0 aromatic carbocycles.